The van der Waals surface area contributed by atoms with Crippen molar-refractivity contribution in [2.75, 3.05) is 0 Å². The molecule has 0 aliphatic rings. The van der Waals surface area contributed by atoms with Crippen LogP contribution in [0.2, 0.25) is 0 Å². The fourth-order valence-electron chi connectivity index (χ4n) is 3.83. The van der Waals surface area contributed by atoms with Gasteiger partial charge < -0.3 is 0 Å². The lowest BCUT2D eigenvalue weighted by Crippen LogP contribution is -2.05. The van der Waals surface area contributed by atoms with Crippen molar-refractivity contribution in [1.82, 2.24) is 40.4 Å². The van der Waals surface area contributed by atoms with Gasteiger partial charge in [0.2, 0.25) is 10.3 Å². The number of benzene rings is 2. The Labute approximate surface area is 182 Å². The number of hydrogen-bond donors (Lipinski definition) is 0. The van der Waals surface area contributed by atoms with Crippen molar-refractivity contribution in [2.24, 2.45) is 0 Å². The summed E-state index contributed by atoms with van der Waals surface area (Å²) in [7, 11) is 2.86. The molecule has 0 atom stereocenters. The summed E-state index contributed by atoms with van der Waals surface area (Å²) in [5, 5.41) is 26.0. The number of hydrogen-bond acceptors (Lipinski definition) is 8. The molecule has 30 heavy (non-hydrogen) atoms. The van der Waals surface area contributed by atoms with E-state index in [2.05, 4.69) is 96.9 Å². The van der Waals surface area contributed by atoms with E-state index in [1.54, 1.807) is 9.36 Å². The zero-order chi connectivity index (χ0) is 21.4. The quantitative estimate of drug-likeness (QED) is 0.427. The van der Waals surface area contributed by atoms with Crippen LogP contribution in [0.3, 0.4) is 0 Å². The van der Waals surface area contributed by atoms with Crippen molar-refractivity contribution >= 4 is 21.6 Å². The molecule has 8 nitrogen and oxygen atoms in total. The molecule has 4 rings (SSSR count). The smallest absolute Gasteiger partial charge is 0.186 e. The van der Waals surface area contributed by atoms with E-state index in [9.17, 15) is 0 Å². The Kier molecular flexibility index (Phi) is 5.61. The van der Waals surface area contributed by atoms with Gasteiger partial charge in [0, 0.05) is 0 Å². The first-order chi connectivity index (χ1) is 14.3. The largest absolute Gasteiger partial charge is 0.225 e. The molecule has 0 bridgehead atoms. The Morgan fingerprint density at radius 2 is 0.900 bits per heavy atom. The van der Waals surface area contributed by atoms with Gasteiger partial charge in [-0.1, -0.05) is 35.4 Å². The minimum atomic E-state index is 0.668. The highest BCUT2D eigenvalue weighted by Crippen LogP contribution is 2.37. The summed E-state index contributed by atoms with van der Waals surface area (Å²) in [5.74, 6) is 0. The molecule has 0 unspecified atom stereocenters. The van der Waals surface area contributed by atoms with E-state index in [1.807, 2.05) is 0 Å². The van der Waals surface area contributed by atoms with Gasteiger partial charge in [-0.25, -0.2) is 0 Å². The highest BCUT2D eigenvalue weighted by atomic mass is 33.1. The summed E-state index contributed by atoms with van der Waals surface area (Å²) in [6.07, 6.45) is 0. The van der Waals surface area contributed by atoms with Crippen LogP contribution in [0, 0.1) is 41.5 Å². The molecule has 4 aromatic rings. The Balaban J connectivity index is 1.64. The molecule has 0 aliphatic carbocycles. The Bertz CT molecular complexity index is 1090. The van der Waals surface area contributed by atoms with Crippen molar-refractivity contribution in [3.8, 4) is 11.4 Å². The maximum atomic E-state index is 4.22. The van der Waals surface area contributed by atoms with Gasteiger partial charge in [-0.3, -0.25) is 0 Å². The van der Waals surface area contributed by atoms with E-state index in [0.717, 1.165) is 33.6 Å². The van der Waals surface area contributed by atoms with Crippen LogP contribution < -0.4 is 0 Å². The molecule has 0 amide bonds. The van der Waals surface area contributed by atoms with E-state index in [1.165, 1.54) is 32.7 Å². The normalized spacial score (nSPS) is 11.3. The van der Waals surface area contributed by atoms with Crippen LogP contribution in [0.25, 0.3) is 11.4 Å². The Hall–Kier alpha value is -2.72. The Morgan fingerprint density at radius 1 is 0.567 bits per heavy atom. The van der Waals surface area contributed by atoms with Gasteiger partial charge in [-0.2, -0.15) is 9.36 Å². The van der Waals surface area contributed by atoms with Gasteiger partial charge in [-0.05, 0) is 106 Å². The molecule has 10 heteroatoms. The topological polar surface area (TPSA) is 87.2 Å². The van der Waals surface area contributed by atoms with Gasteiger partial charge in [0.1, 0.15) is 0 Å². The third-order valence-corrected chi connectivity index (χ3v) is 6.80. The van der Waals surface area contributed by atoms with Crippen molar-refractivity contribution < 1.29 is 0 Å². The third-order valence-electron chi connectivity index (χ3n) is 4.77. The van der Waals surface area contributed by atoms with Gasteiger partial charge in [0.15, 0.2) is 0 Å². The van der Waals surface area contributed by atoms with Gasteiger partial charge in [-0.15, -0.1) is 10.2 Å². The third kappa shape index (κ3) is 3.84. The average molecular weight is 439 g/mol. The van der Waals surface area contributed by atoms with Crippen LogP contribution in [0.15, 0.2) is 34.6 Å². The molecule has 0 saturated carbocycles. The van der Waals surface area contributed by atoms with E-state index in [0.29, 0.717) is 10.3 Å². The molecule has 0 N–H and O–H groups in total. The minimum absolute atomic E-state index is 0.668. The van der Waals surface area contributed by atoms with Crippen LogP contribution >= 0.6 is 21.6 Å². The van der Waals surface area contributed by atoms with Crippen molar-refractivity contribution in [2.45, 2.75) is 51.9 Å². The number of aryl methyl sites for hydroxylation is 6. The van der Waals surface area contributed by atoms with Crippen LogP contribution in [-0.4, -0.2) is 40.4 Å². The summed E-state index contributed by atoms with van der Waals surface area (Å²) in [6, 6.07) is 8.54. The Morgan fingerprint density at radius 3 is 1.23 bits per heavy atom. The average Bonchev–Trinajstić information content (AvgIpc) is 3.28. The molecule has 0 aliphatic heterocycles. The first kappa shape index (κ1) is 20.5. The lowest BCUT2D eigenvalue weighted by molar-refractivity contribution is 0.746. The second-order valence-corrected chi connectivity index (χ2v) is 9.47. The molecule has 0 saturated heterocycles. The van der Waals surface area contributed by atoms with Crippen molar-refractivity contribution in [1.29, 1.82) is 0 Å². The molecule has 154 valence electrons. The highest BCUT2D eigenvalue weighted by molar-refractivity contribution is 8.76. The SMILES string of the molecule is Cc1cc(C)c(-n2nnnc2SSc2nnnn2-c2c(C)cc(C)cc2C)c(C)c1. The first-order valence-corrected chi connectivity index (χ1v) is 11.6. The standard InChI is InChI=1S/C20H22N8S2/c1-11-7-13(3)17(14(4)8-11)27-19(21-23-25-27)29-30-20-22-24-26-28(20)18-15(5)9-12(2)10-16(18)6/h7-10H,1-6H3. The fraction of sp³-hybridized carbons (Fsp3) is 0.300. The van der Waals surface area contributed by atoms with E-state index >= 15 is 0 Å². The summed E-state index contributed by atoms with van der Waals surface area (Å²) in [4.78, 5) is 0. The number of rotatable bonds is 5. The molecular formula is C20H22N8S2. The van der Waals surface area contributed by atoms with Crippen LogP contribution in [-0.2, 0) is 0 Å². The second-order valence-electron chi connectivity index (χ2n) is 7.41. The lowest BCUT2D eigenvalue weighted by Gasteiger charge is -2.13. The van der Waals surface area contributed by atoms with E-state index in [-0.39, 0.29) is 0 Å². The monoisotopic (exact) mass is 438 g/mol. The molecule has 2 heterocycles. The maximum absolute atomic E-state index is 4.22. The first-order valence-electron chi connectivity index (χ1n) is 9.43. The zero-order valence-corrected chi connectivity index (χ0v) is 19.3. The number of aromatic nitrogens is 8. The summed E-state index contributed by atoms with van der Waals surface area (Å²) in [6.45, 7) is 12.5. The molecule has 2 aromatic heterocycles. The summed E-state index contributed by atoms with van der Waals surface area (Å²) < 4.78 is 3.55. The molecular weight excluding hydrogens is 416 g/mol. The van der Waals surface area contributed by atoms with Crippen LogP contribution in [0.4, 0.5) is 0 Å². The van der Waals surface area contributed by atoms with Crippen molar-refractivity contribution in [3.05, 3.63) is 57.6 Å². The van der Waals surface area contributed by atoms with Gasteiger partial charge in [0.25, 0.3) is 0 Å². The van der Waals surface area contributed by atoms with E-state index in [4.69, 9.17) is 0 Å². The minimum Gasteiger partial charge on any atom is -0.186 e. The van der Waals surface area contributed by atoms with E-state index < -0.39 is 0 Å². The maximum Gasteiger partial charge on any atom is 0.225 e. The molecule has 0 fully saturated rings. The molecule has 2 aromatic carbocycles. The highest BCUT2D eigenvalue weighted by Gasteiger charge is 2.18. The molecule has 0 spiro atoms. The predicted molar refractivity (Wildman–Crippen MR) is 118 cm³/mol. The number of nitrogens with zero attached hydrogens (tertiary/aromatic N) is 8. The fourth-order valence-corrected chi connectivity index (χ4v) is 5.59. The molecule has 0 radical (unpaired) electrons. The van der Waals surface area contributed by atoms with Crippen molar-refractivity contribution in [3.63, 3.8) is 0 Å². The van der Waals surface area contributed by atoms with Crippen LogP contribution in [0.5, 0.6) is 0 Å². The number of tetrazole rings is 2. The lowest BCUT2D eigenvalue weighted by atomic mass is 10.1. The van der Waals surface area contributed by atoms with Crippen LogP contribution in [0.1, 0.15) is 33.4 Å². The summed E-state index contributed by atoms with van der Waals surface area (Å²) >= 11 is 0. The summed E-state index contributed by atoms with van der Waals surface area (Å²) in [5.41, 5.74) is 8.94. The zero-order valence-electron chi connectivity index (χ0n) is 17.7. The second kappa shape index (κ2) is 8.19. The predicted octanol–water partition coefficient (Wildman–Crippen LogP) is 4.29. The van der Waals surface area contributed by atoms with Gasteiger partial charge in [0.05, 0.1) is 11.4 Å². The van der Waals surface area contributed by atoms with Gasteiger partial charge >= 0.3 is 0 Å².